The van der Waals surface area contributed by atoms with Crippen molar-refractivity contribution in [3.63, 3.8) is 0 Å². The van der Waals surface area contributed by atoms with E-state index in [1.54, 1.807) is 0 Å². The average Bonchev–Trinajstić information content (AvgIpc) is 2.43. The fourth-order valence-corrected chi connectivity index (χ4v) is 1.87. The van der Waals surface area contributed by atoms with Gasteiger partial charge in [0.1, 0.15) is 12.0 Å². The molecule has 2 rings (SSSR count). The van der Waals surface area contributed by atoms with E-state index in [-0.39, 0.29) is 11.8 Å². The van der Waals surface area contributed by atoms with Gasteiger partial charge in [-0.1, -0.05) is 11.6 Å². The zero-order valence-corrected chi connectivity index (χ0v) is 11.3. The van der Waals surface area contributed by atoms with Crippen molar-refractivity contribution in [2.75, 3.05) is 0 Å². The summed E-state index contributed by atoms with van der Waals surface area (Å²) < 4.78 is 70.1. The number of halogens is 6. The standard InChI is InChI=1S/C14H6ClF5O2/c15-10-2-1-8(5-9(10)14(18,19)20)22-13-11(16)3-7(6-21)4-12(13)17/h1-6H. The molecule has 0 spiro atoms. The highest BCUT2D eigenvalue weighted by atomic mass is 35.5. The molecule has 0 heterocycles. The molecule has 8 heteroatoms. The second kappa shape index (κ2) is 5.92. The second-order valence-electron chi connectivity index (χ2n) is 4.17. The number of rotatable bonds is 3. The monoisotopic (exact) mass is 336 g/mol. The Morgan fingerprint density at radius 1 is 1.05 bits per heavy atom. The minimum Gasteiger partial charge on any atom is -0.451 e. The smallest absolute Gasteiger partial charge is 0.417 e. The first kappa shape index (κ1) is 16.2. The summed E-state index contributed by atoms with van der Waals surface area (Å²) in [6, 6.07) is 3.85. The highest BCUT2D eigenvalue weighted by Gasteiger charge is 2.33. The molecule has 2 aromatic rings. The summed E-state index contributed by atoms with van der Waals surface area (Å²) in [5.41, 5.74) is -1.47. The molecule has 0 atom stereocenters. The molecule has 0 aliphatic heterocycles. The molecule has 0 aliphatic rings. The van der Waals surface area contributed by atoms with Crippen molar-refractivity contribution in [3.8, 4) is 11.5 Å². The first-order valence-electron chi connectivity index (χ1n) is 5.71. The predicted molar refractivity (Wildman–Crippen MR) is 68.3 cm³/mol. The maximum absolute atomic E-state index is 13.6. The van der Waals surface area contributed by atoms with Crippen molar-refractivity contribution in [1.82, 2.24) is 0 Å². The van der Waals surface area contributed by atoms with Crippen molar-refractivity contribution >= 4 is 17.9 Å². The quantitative estimate of drug-likeness (QED) is 0.566. The van der Waals surface area contributed by atoms with E-state index in [0.717, 1.165) is 12.1 Å². The third kappa shape index (κ3) is 3.36. The van der Waals surface area contributed by atoms with Gasteiger partial charge in [-0.25, -0.2) is 8.78 Å². The van der Waals surface area contributed by atoms with Crippen molar-refractivity contribution in [2.45, 2.75) is 6.18 Å². The lowest BCUT2D eigenvalue weighted by atomic mass is 10.2. The first-order chi connectivity index (χ1) is 10.2. The van der Waals surface area contributed by atoms with Gasteiger partial charge in [0.05, 0.1) is 10.6 Å². The second-order valence-corrected chi connectivity index (χ2v) is 4.58. The van der Waals surface area contributed by atoms with Gasteiger partial charge in [0.15, 0.2) is 17.4 Å². The van der Waals surface area contributed by atoms with Gasteiger partial charge in [-0.05, 0) is 30.3 Å². The number of aldehydes is 1. The number of alkyl halides is 3. The summed E-state index contributed by atoms with van der Waals surface area (Å²) in [6.07, 6.45) is -4.52. The van der Waals surface area contributed by atoms with E-state index in [1.165, 1.54) is 0 Å². The SMILES string of the molecule is O=Cc1cc(F)c(Oc2ccc(Cl)c(C(F)(F)F)c2)c(F)c1. The summed E-state index contributed by atoms with van der Waals surface area (Å²) in [4.78, 5) is 10.5. The molecule has 0 unspecified atom stereocenters. The number of hydrogen-bond donors (Lipinski definition) is 0. The van der Waals surface area contributed by atoms with Crippen LogP contribution in [0.4, 0.5) is 22.0 Å². The van der Waals surface area contributed by atoms with Crippen LogP contribution in [0.15, 0.2) is 30.3 Å². The largest absolute Gasteiger partial charge is 0.451 e. The zero-order chi connectivity index (χ0) is 16.5. The molecule has 0 radical (unpaired) electrons. The maximum atomic E-state index is 13.6. The van der Waals surface area contributed by atoms with Gasteiger partial charge < -0.3 is 4.74 Å². The van der Waals surface area contributed by atoms with Crippen molar-refractivity contribution < 1.29 is 31.5 Å². The molecule has 0 aliphatic carbocycles. The minimum atomic E-state index is -4.74. The van der Waals surface area contributed by atoms with Gasteiger partial charge in [-0.3, -0.25) is 4.79 Å². The molecule has 2 nitrogen and oxygen atoms in total. The average molecular weight is 337 g/mol. The summed E-state index contributed by atoms with van der Waals surface area (Å²) in [7, 11) is 0. The molecular weight excluding hydrogens is 331 g/mol. The molecule has 0 saturated heterocycles. The van der Waals surface area contributed by atoms with Crippen LogP contribution < -0.4 is 4.74 Å². The number of benzene rings is 2. The zero-order valence-electron chi connectivity index (χ0n) is 10.5. The van der Waals surface area contributed by atoms with E-state index in [4.69, 9.17) is 16.3 Å². The fraction of sp³-hybridized carbons (Fsp3) is 0.0714. The van der Waals surface area contributed by atoms with Gasteiger partial charge in [0, 0.05) is 5.56 Å². The van der Waals surface area contributed by atoms with Crippen LogP contribution in [0.1, 0.15) is 15.9 Å². The highest BCUT2D eigenvalue weighted by Crippen LogP contribution is 2.38. The highest BCUT2D eigenvalue weighted by molar-refractivity contribution is 6.31. The Bertz CT molecular complexity index is 705. The third-order valence-corrected chi connectivity index (χ3v) is 2.95. The van der Waals surface area contributed by atoms with Crippen LogP contribution in [-0.4, -0.2) is 6.29 Å². The number of ether oxygens (including phenoxy) is 1. The molecule has 0 saturated carbocycles. The van der Waals surface area contributed by atoms with E-state index < -0.39 is 39.9 Å². The predicted octanol–water partition coefficient (Wildman–Crippen LogP) is 5.24. The Kier molecular flexibility index (Phi) is 4.37. The van der Waals surface area contributed by atoms with Crippen LogP contribution in [0.3, 0.4) is 0 Å². The van der Waals surface area contributed by atoms with Gasteiger partial charge in [-0.15, -0.1) is 0 Å². The van der Waals surface area contributed by atoms with Crippen molar-refractivity contribution in [2.24, 2.45) is 0 Å². The van der Waals surface area contributed by atoms with Crippen LogP contribution >= 0.6 is 11.6 Å². The van der Waals surface area contributed by atoms with Gasteiger partial charge in [-0.2, -0.15) is 13.2 Å². The molecule has 0 fully saturated rings. The Labute approximate surface area is 126 Å². The number of hydrogen-bond acceptors (Lipinski definition) is 2. The van der Waals surface area contributed by atoms with Crippen molar-refractivity contribution in [3.05, 3.63) is 58.1 Å². The van der Waals surface area contributed by atoms with E-state index in [2.05, 4.69) is 0 Å². The van der Waals surface area contributed by atoms with E-state index in [1.807, 2.05) is 0 Å². The fourth-order valence-electron chi connectivity index (χ4n) is 1.65. The molecule has 2 aromatic carbocycles. The topological polar surface area (TPSA) is 26.3 Å². The van der Waals surface area contributed by atoms with Gasteiger partial charge in [0.25, 0.3) is 0 Å². The lowest BCUT2D eigenvalue weighted by Gasteiger charge is -2.12. The molecule has 0 N–H and O–H groups in total. The third-order valence-electron chi connectivity index (χ3n) is 2.62. The van der Waals surface area contributed by atoms with Gasteiger partial charge in [0.2, 0.25) is 0 Å². The summed E-state index contributed by atoms with van der Waals surface area (Å²) in [5.74, 6) is -3.80. The Morgan fingerprint density at radius 2 is 1.64 bits per heavy atom. The van der Waals surface area contributed by atoms with Gasteiger partial charge >= 0.3 is 6.18 Å². The summed E-state index contributed by atoms with van der Waals surface area (Å²) in [5, 5.41) is -0.572. The van der Waals surface area contributed by atoms with Crippen LogP contribution in [-0.2, 0) is 6.18 Å². The molecular formula is C14H6ClF5O2. The number of carbonyl (C=O) groups is 1. The number of carbonyl (C=O) groups excluding carboxylic acids is 1. The molecule has 0 amide bonds. The minimum absolute atomic E-state index is 0.222. The van der Waals surface area contributed by atoms with Crippen molar-refractivity contribution in [1.29, 1.82) is 0 Å². The molecule has 22 heavy (non-hydrogen) atoms. The molecule has 116 valence electrons. The Balaban J connectivity index is 2.42. The van der Waals surface area contributed by atoms with E-state index in [0.29, 0.717) is 18.2 Å². The van der Waals surface area contributed by atoms with Crippen LogP contribution in [0.2, 0.25) is 5.02 Å². The molecule has 0 aromatic heterocycles. The Hall–Kier alpha value is -2.15. The summed E-state index contributed by atoms with van der Waals surface area (Å²) >= 11 is 5.42. The van der Waals surface area contributed by atoms with E-state index in [9.17, 15) is 26.7 Å². The summed E-state index contributed by atoms with van der Waals surface area (Å²) in [6.45, 7) is 0. The molecule has 0 bridgehead atoms. The van der Waals surface area contributed by atoms with E-state index >= 15 is 0 Å². The normalized spacial score (nSPS) is 11.4. The lowest BCUT2D eigenvalue weighted by molar-refractivity contribution is -0.137. The first-order valence-corrected chi connectivity index (χ1v) is 6.09. The Morgan fingerprint density at radius 3 is 2.14 bits per heavy atom. The maximum Gasteiger partial charge on any atom is 0.417 e. The van der Waals surface area contributed by atoms with Crippen LogP contribution in [0.25, 0.3) is 0 Å². The van der Waals surface area contributed by atoms with Crippen LogP contribution in [0, 0.1) is 11.6 Å². The lowest BCUT2D eigenvalue weighted by Crippen LogP contribution is -2.06. The van der Waals surface area contributed by atoms with Crippen LogP contribution in [0.5, 0.6) is 11.5 Å².